The summed E-state index contributed by atoms with van der Waals surface area (Å²) in [6.07, 6.45) is 5.65. The van der Waals surface area contributed by atoms with Crippen LogP contribution in [0.2, 0.25) is 0 Å². The lowest BCUT2D eigenvalue weighted by Gasteiger charge is -2.38. The standard InChI is InChI=1S/C17H19N5/c1-21(16-6-2-3-9-19-16)15-7-11-22(12-8-15)17-14(13-18)5-4-10-20-17/h2-6,9-10,15H,7-8,11-12H2,1H3. The van der Waals surface area contributed by atoms with Crippen molar-refractivity contribution in [3.63, 3.8) is 0 Å². The first kappa shape index (κ1) is 14.3. The van der Waals surface area contributed by atoms with E-state index in [-0.39, 0.29) is 0 Å². The lowest BCUT2D eigenvalue weighted by Crippen LogP contribution is -2.44. The highest BCUT2D eigenvalue weighted by atomic mass is 15.2. The molecule has 0 saturated carbocycles. The molecule has 1 aliphatic rings. The highest BCUT2D eigenvalue weighted by Crippen LogP contribution is 2.24. The molecule has 1 fully saturated rings. The van der Waals surface area contributed by atoms with Gasteiger partial charge in [-0.25, -0.2) is 9.97 Å². The third-order valence-electron chi connectivity index (χ3n) is 4.23. The van der Waals surface area contributed by atoms with Gasteiger partial charge in [-0.2, -0.15) is 5.26 Å². The maximum Gasteiger partial charge on any atom is 0.146 e. The molecule has 0 bridgehead atoms. The molecule has 0 aromatic carbocycles. The van der Waals surface area contributed by atoms with Crippen LogP contribution in [0.25, 0.3) is 0 Å². The van der Waals surface area contributed by atoms with Gasteiger partial charge < -0.3 is 9.80 Å². The van der Waals surface area contributed by atoms with Crippen molar-refractivity contribution in [1.82, 2.24) is 9.97 Å². The Balaban J connectivity index is 1.67. The first-order valence-corrected chi connectivity index (χ1v) is 7.53. The van der Waals surface area contributed by atoms with E-state index < -0.39 is 0 Å². The van der Waals surface area contributed by atoms with Crippen LogP contribution in [0.3, 0.4) is 0 Å². The van der Waals surface area contributed by atoms with Crippen LogP contribution < -0.4 is 9.80 Å². The van der Waals surface area contributed by atoms with E-state index in [1.54, 1.807) is 6.20 Å². The van der Waals surface area contributed by atoms with Crippen LogP contribution in [0.5, 0.6) is 0 Å². The quantitative estimate of drug-likeness (QED) is 0.870. The number of piperidine rings is 1. The number of nitrogens with zero attached hydrogens (tertiary/aromatic N) is 5. The van der Waals surface area contributed by atoms with E-state index >= 15 is 0 Å². The number of rotatable bonds is 3. The molecule has 5 heteroatoms. The van der Waals surface area contributed by atoms with Crippen LogP contribution in [0.1, 0.15) is 18.4 Å². The summed E-state index contributed by atoms with van der Waals surface area (Å²) in [6, 6.07) is 12.3. The second kappa shape index (κ2) is 6.44. The van der Waals surface area contributed by atoms with E-state index in [1.807, 2.05) is 36.5 Å². The highest BCUT2D eigenvalue weighted by molar-refractivity contribution is 5.54. The predicted octanol–water partition coefficient (Wildman–Crippen LogP) is 2.45. The Morgan fingerprint density at radius 1 is 1.14 bits per heavy atom. The van der Waals surface area contributed by atoms with Crippen LogP contribution in [0.4, 0.5) is 11.6 Å². The van der Waals surface area contributed by atoms with Crippen molar-refractivity contribution in [2.45, 2.75) is 18.9 Å². The highest BCUT2D eigenvalue weighted by Gasteiger charge is 2.25. The molecule has 1 saturated heterocycles. The lowest BCUT2D eigenvalue weighted by atomic mass is 10.0. The van der Waals surface area contributed by atoms with Crippen molar-refractivity contribution in [3.05, 3.63) is 48.3 Å². The molecule has 0 atom stereocenters. The van der Waals surface area contributed by atoms with Crippen molar-refractivity contribution < 1.29 is 0 Å². The summed E-state index contributed by atoms with van der Waals surface area (Å²) in [5.41, 5.74) is 0.652. The van der Waals surface area contributed by atoms with Gasteiger partial charge in [0.25, 0.3) is 0 Å². The molecule has 1 aliphatic heterocycles. The Bertz CT molecular complexity index is 656. The number of pyridine rings is 2. The molecule has 2 aromatic heterocycles. The summed E-state index contributed by atoms with van der Waals surface area (Å²) < 4.78 is 0. The zero-order valence-corrected chi connectivity index (χ0v) is 12.7. The molecule has 22 heavy (non-hydrogen) atoms. The fraction of sp³-hybridized carbons (Fsp3) is 0.353. The Morgan fingerprint density at radius 2 is 1.91 bits per heavy atom. The number of hydrogen-bond donors (Lipinski definition) is 0. The first-order chi connectivity index (χ1) is 10.8. The van der Waals surface area contributed by atoms with E-state index in [4.69, 9.17) is 0 Å². The largest absolute Gasteiger partial charge is 0.357 e. The molecule has 2 aromatic rings. The minimum absolute atomic E-state index is 0.473. The Labute approximate surface area is 130 Å². The van der Waals surface area contributed by atoms with Gasteiger partial charge in [0.1, 0.15) is 17.7 Å². The van der Waals surface area contributed by atoms with Gasteiger partial charge in [-0.15, -0.1) is 0 Å². The minimum Gasteiger partial charge on any atom is -0.357 e. The van der Waals surface area contributed by atoms with Crippen LogP contribution in [-0.4, -0.2) is 36.1 Å². The molecule has 3 rings (SSSR count). The average molecular weight is 293 g/mol. The topological polar surface area (TPSA) is 56.1 Å². The van der Waals surface area contributed by atoms with Gasteiger partial charge in [0.2, 0.25) is 0 Å². The third kappa shape index (κ3) is 2.86. The smallest absolute Gasteiger partial charge is 0.146 e. The van der Waals surface area contributed by atoms with Crippen LogP contribution in [0.15, 0.2) is 42.7 Å². The van der Waals surface area contributed by atoms with Crippen LogP contribution in [-0.2, 0) is 0 Å². The van der Waals surface area contributed by atoms with Crippen molar-refractivity contribution in [2.75, 3.05) is 29.9 Å². The van der Waals surface area contributed by atoms with Crippen LogP contribution in [0, 0.1) is 11.3 Å². The summed E-state index contributed by atoms with van der Waals surface area (Å²) in [7, 11) is 2.10. The first-order valence-electron chi connectivity index (χ1n) is 7.53. The zero-order valence-electron chi connectivity index (χ0n) is 12.7. The van der Waals surface area contributed by atoms with Crippen molar-refractivity contribution >= 4 is 11.6 Å². The fourth-order valence-electron chi connectivity index (χ4n) is 2.95. The van der Waals surface area contributed by atoms with Gasteiger partial charge in [0.05, 0.1) is 5.56 Å². The average Bonchev–Trinajstić information content (AvgIpc) is 2.62. The molecule has 112 valence electrons. The second-order valence-electron chi connectivity index (χ2n) is 5.50. The van der Waals surface area contributed by atoms with E-state index in [0.717, 1.165) is 37.6 Å². The second-order valence-corrected chi connectivity index (χ2v) is 5.50. The molecule has 0 amide bonds. The molecule has 3 heterocycles. The van der Waals surface area contributed by atoms with Gasteiger partial charge in [0.15, 0.2) is 0 Å². The molecule has 0 unspecified atom stereocenters. The van der Waals surface area contributed by atoms with Crippen molar-refractivity contribution in [2.24, 2.45) is 0 Å². The Hall–Kier alpha value is -2.61. The van der Waals surface area contributed by atoms with Gasteiger partial charge in [-0.05, 0) is 37.1 Å². The van der Waals surface area contributed by atoms with Gasteiger partial charge in [-0.3, -0.25) is 0 Å². The zero-order chi connectivity index (χ0) is 15.4. The van der Waals surface area contributed by atoms with Gasteiger partial charge in [-0.1, -0.05) is 6.07 Å². The summed E-state index contributed by atoms with van der Waals surface area (Å²) in [4.78, 5) is 13.3. The molecule has 0 radical (unpaired) electrons. The third-order valence-corrected chi connectivity index (χ3v) is 4.23. The number of aromatic nitrogens is 2. The number of anilines is 2. The predicted molar refractivity (Wildman–Crippen MR) is 86.8 cm³/mol. The van der Waals surface area contributed by atoms with E-state index in [0.29, 0.717) is 11.6 Å². The van der Waals surface area contributed by atoms with Gasteiger partial charge >= 0.3 is 0 Å². The SMILES string of the molecule is CN(c1ccccn1)C1CCN(c2ncccc2C#N)CC1. The van der Waals surface area contributed by atoms with Crippen LogP contribution >= 0.6 is 0 Å². The number of nitriles is 1. The van der Waals surface area contributed by atoms with E-state index in [2.05, 4.69) is 32.9 Å². The summed E-state index contributed by atoms with van der Waals surface area (Å²) in [6.45, 7) is 1.82. The summed E-state index contributed by atoms with van der Waals surface area (Å²) in [5.74, 6) is 1.82. The molecule has 0 N–H and O–H groups in total. The molecular formula is C17H19N5. The molecular weight excluding hydrogens is 274 g/mol. The van der Waals surface area contributed by atoms with Crippen molar-refractivity contribution in [3.8, 4) is 6.07 Å². The molecule has 0 spiro atoms. The molecule has 5 nitrogen and oxygen atoms in total. The summed E-state index contributed by atoms with van der Waals surface area (Å²) >= 11 is 0. The normalized spacial score (nSPS) is 15.4. The van der Waals surface area contributed by atoms with E-state index in [9.17, 15) is 5.26 Å². The van der Waals surface area contributed by atoms with Crippen molar-refractivity contribution in [1.29, 1.82) is 5.26 Å². The Kier molecular flexibility index (Phi) is 4.19. The monoisotopic (exact) mass is 293 g/mol. The minimum atomic E-state index is 0.473. The Morgan fingerprint density at radius 3 is 2.59 bits per heavy atom. The maximum absolute atomic E-state index is 9.20. The maximum atomic E-state index is 9.20. The summed E-state index contributed by atoms with van der Waals surface area (Å²) in [5, 5.41) is 9.20. The van der Waals surface area contributed by atoms with Gasteiger partial charge in [0, 0.05) is 38.6 Å². The lowest BCUT2D eigenvalue weighted by molar-refractivity contribution is 0.478. The fourth-order valence-corrected chi connectivity index (χ4v) is 2.95. The van der Waals surface area contributed by atoms with E-state index in [1.165, 1.54) is 0 Å². The molecule has 0 aliphatic carbocycles. The number of hydrogen-bond acceptors (Lipinski definition) is 5.